The first-order valence-electron chi connectivity index (χ1n) is 18.1. The van der Waals surface area contributed by atoms with Crippen molar-refractivity contribution in [1.82, 2.24) is 4.90 Å². The van der Waals surface area contributed by atoms with Crippen molar-refractivity contribution >= 4 is 33.3 Å². The van der Waals surface area contributed by atoms with Crippen LogP contribution in [0.2, 0.25) is 0 Å². The summed E-state index contributed by atoms with van der Waals surface area (Å²) in [6.07, 6.45) is 18.4. The van der Waals surface area contributed by atoms with Gasteiger partial charge in [0, 0.05) is 48.4 Å². The number of carbonyl (C=O) groups excluding carboxylic acids is 2. The third-order valence-corrected chi connectivity index (χ3v) is 12.2. The number of benzene rings is 2. The van der Waals surface area contributed by atoms with Crippen LogP contribution in [0.5, 0.6) is 0 Å². The first-order chi connectivity index (χ1) is 22.9. The van der Waals surface area contributed by atoms with Crippen LogP contribution in [0.15, 0.2) is 47.4 Å². The van der Waals surface area contributed by atoms with Crippen molar-refractivity contribution in [2.24, 2.45) is 0 Å². The Hall–Kier alpha value is -1.84. The molecule has 47 heavy (non-hydrogen) atoms. The first-order valence-corrected chi connectivity index (χ1v) is 20.4. The molecule has 2 aromatic carbocycles. The molecule has 0 spiro atoms. The van der Waals surface area contributed by atoms with E-state index in [9.17, 15) is 14.7 Å². The number of esters is 1. The van der Waals surface area contributed by atoms with Crippen LogP contribution in [-0.4, -0.2) is 57.4 Å². The second-order valence-corrected chi connectivity index (χ2v) is 16.1. The van der Waals surface area contributed by atoms with Crippen molar-refractivity contribution in [2.75, 3.05) is 12.3 Å². The van der Waals surface area contributed by atoms with Crippen molar-refractivity contribution in [3.8, 4) is 0 Å². The van der Waals surface area contributed by atoms with Crippen molar-refractivity contribution in [2.45, 2.75) is 152 Å². The zero-order chi connectivity index (χ0) is 33.3. The van der Waals surface area contributed by atoms with Gasteiger partial charge >= 0.3 is 5.97 Å². The molecule has 0 saturated carbocycles. The van der Waals surface area contributed by atoms with E-state index in [1.807, 2.05) is 49.4 Å². The number of hydrogen-bond donors (Lipinski definition) is 2. The van der Waals surface area contributed by atoms with Gasteiger partial charge in [-0.05, 0) is 68.0 Å². The lowest BCUT2D eigenvalue weighted by atomic mass is 9.82. The number of rotatable bonds is 22. The molecule has 2 atom stereocenters. The molecular weight excluding hydrogens is 627 g/mol. The highest BCUT2D eigenvalue weighted by atomic mass is 33.1. The molecule has 0 amide bonds. The fraction of sp³-hybridized carbons (Fsp3) is 0.641. The molecule has 2 bridgehead atoms. The maximum atomic E-state index is 12.8. The van der Waals surface area contributed by atoms with Crippen LogP contribution in [0.4, 0.5) is 0 Å². The van der Waals surface area contributed by atoms with E-state index in [1.54, 1.807) is 21.6 Å². The third kappa shape index (κ3) is 13.5. The molecule has 0 radical (unpaired) electrons. The average Bonchev–Trinajstić information content (AvgIpc) is 3.06. The van der Waals surface area contributed by atoms with Gasteiger partial charge in [0.2, 0.25) is 0 Å². The highest BCUT2D eigenvalue weighted by Gasteiger charge is 2.39. The monoisotopic (exact) mass is 683 g/mol. The second-order valence-electron chi connectivity index (χ2n) is 13.6. The molecule has 2 aliphatic rings. The zero-order valence-corrected chi connectivity index (χ0v) is 30.1. The molecule has 2 saturated heterocycles. The Balaban J connectivity index is 0.979. The molecule has 0 aliphatic carbocycles. The number of ketones is 1. The van der Waals surface area contributed by atoms with Crippen LogP contribution in [0, 0.1) is 6.92 Å². The van der Waals surface area contributed by atoms with Gasteiger partial charge in [0.05, 0.1) is 19.6 Å². The quantitative estimate of drug-likeness (QED) is 0.0724. The van der Waals surface area contributed by atoms with Crippen LogP contribution in [0.3, 0.4) is 0 Å². The molecule has 6 nitrogen and oxygen atoms in total. The lowest BCUT2D eigenvalue weighted by Crippen LogP contribution is -2.54. The van der Waals surface area contributed by atoms with E-state index in [0.29, 0.717) is 24.3 Å². The number of aliphatic hydroxyl groups is 2. The number of aryl methyl sites for hydroxylation is 1. The summed E-state index contributed by atoms with van der Waals surface area (Å²) in [7, 11) is 3.43. The standard InChI is InChI=1S/C39H57NO5S2/c1-30-15-18-32(29-42)33(24-30)25-39(44)45-37-26-34-12-11-13-35(27-37)40(34)22-10-8-6-4-2-3-5-7-9-14-36(43)21-23-46-47-38-19-16-31(28-41)17-20-38/h15-20,24,34-35,37,41-42H,2-14,21-23,25-29H2,1H3. The fourth-order valence-electron chi connectivity index (χ4n) is 7.24. The lowest BCUT2D eigenvalue weighted by molar-refractivity contribution is -0.154. The molecule has 8 heteroatoms. The van der Waals surface area contributed by atoms with E-state index in [4.69, 9.17) is 9.84 Å². The Labute approximate surface area is 291 Å². The molecule has 2 unspecified atom stereocenters. The number of carbonyl (C=O) groups is 2. The first kappa shape index (κ1) is 38.0. The number of aliphatic hydroxyl groups excluding tert-OH is 2. The van der Waals surface area contributed by atoms with Crippen molar-refractivity contribution < 1.29 is 24.5 Å². The zero-order valence-electron chi connectivity index (χ0n) is 28.5. The molecular formula is C39H57NO5S2. The maximum Gasteiger partial charge on any atom is 0.310 e. The van der Waals surface area contributed by atoms with E-state index >= 15 is 0 Å². The smallest absolute Gasteiger partial charge is 0.310 e. The predicted molar refractivity (Wildman–Crippen MR) is 195 cm³/mol. The van der Waals surface area contributed by atoms with Gasteiger partial charge in [0.25, 0.3) is 0 Å². The minimum Gasteiger partial charge on any atom is -0.462 e. The SMILES string of the molecule is Cc1ccc(CO)c(CC(=O)OC2CC3CCCC(C2)N3CCCCCCCCCCCC(=O)CCSSc2ccc(CO)cc2)c1. The number of hydrogen-bond acceptors (Lipinski definition) is 8. The van der Waals surface area contributed by atoms with Crippen molar-refractivity contribution in [3.05, 3.63) is 64.7 Å². The Bertz CT molecular complexity index is 1210. The number of nitrogens with zero attached hydrogens (tertiary/aromatic N) is 1. The van der Waals surface area contributed by atoms with E-state index < -0.39 is 0 Å². The number of Topliss-reactive ketones (excluding diaryl/α,β-unsaturated/α-hetero) is 1. The molecule has 2 N–H and O–H groups in total. The maximum absolute atomic E-state index is 12.8. The third-order valence-electron chi connectivity index (χ3n) is 9.84. The van der Waals surface area contributed by atoms with Gasteiger partial charge < -0.3 is 14.9 Å². The largest absolute Gasteiger partial charge is 0.462 e. The minimum atomic E-state index is -0.168. The Morgan fingerprint density at radius 2 is 1.47 bits per heavy atom. The summed E-state index contributed by atoms with van der Waals surface area (Å²) in [5.41, 5.74) is 3.70. The summed E-state index contributed by atoms with van der Waals surface area (Å²) in [6.45, 7) is 3.19. The van der Waals surface area contributed by atoms with Gasteiger partial charge in [-0.2, -0.15) is 0 Å². The van der Waals surface area contributed by atoms with Crippen molar-refractivity contribution in [3.63, 3.8) is 0 Å². The summed E-state index contributed by atoms with van der Waals surface area (Å²) in [6, 6.07) is 14.9. The molecule has 0 aromatic heterocycles. The normalized spacial score (nSPS) is 19.5. The molecule has 2 aliphatic heterocycles. The minimum absolute atomic E-state index is 0.0143. The van der Waals surface area contributed by atoms with E-state index in [1.165, 1.54) is 70.8 Å². The van der Waals surface area contributed by atoms with Gasteiger partial charge in [-0.1, -0.05) is 109 Å². The molecule has 2 aromatic rings. The molecule has 260 valence electrons. The van der Waals surface area contributed by atoms with Crippen LogP contribution in [-0.2, 0) is 34.0 Å². The fourth-order valence-corrected chi connectivity index (χ4v) is 9.26. The molecule has 2 heterocycles. The number of piperidine rings is 2. The van der Waals surface area contributed by atoms with Gasteiger partial charge in [-0.15, -0.1) is 0 Å². The number of fused-ring (bicyclic) bond motifs is 2. The lowest BCUT2D eigenvalue weighted by Gasteiger charge is -2.48. The average molecular weight is 684 g/mol. The number of ether oxygens (including phenoxy) is 1. The predicted octanol–water partition coefficient (Wildman–Crippen LogP) is 8.75. The van der Waals surface area contributed by atoms with Gasteiger partial charge in [0.15, 0.2) is 0 Å². The highest BCUT2D eigenvalue weighted by molar-refractivity contribution is 8.76. The summed E-state index contributed by atoms with van der Waals surface area (Å²) in [4.78, 5) is 28.9. The van der Waals surface area contributed by atoms with Crippen molar-refractivity contribution in [1.29, 1.82) is 0 Å². The Morgan fingerprint density at radius 3 is 2.13 bits per heavy atom. The summed E-state index contributed by atoms with van der Waals surface area (Å²) in [5.74, 6) is 1.07. The second kappa shape index (κ2) is 21.3. The Kier molecular flexibility index (Phi) is 17.2. The molecule has 4 rings (SSSR count). The highest BCUT2D eigenvalue weighted by Crippen LogP contribution is 2.36. The van der Waals surface area contributed by atoms with Gasteiger partial charge in [0.1, 0.15) is 11.9 Å². The number of unbranched alkanes of at least 4 members (excludes halogenated alkanes) is 8. The van der Waals surface area contributed by atoms with E-state index in [0.717, 1.165) is 65.0 Å². The summed E-state index contributed by atoms with van der Waals surface area (Å²) >= 11 is 0. The Morgan fingerprint density at radius 1 is 0.809 bits per heavy atom. The topological polar surface area (TPSA) is 87.1 Å². The van der Waals surface area contributed by atoms with E-state index in [-0.39, 0.29) is 31.7 Å². The van der Waals surface area contributed by atoms with Gasteiger partial charge in [-0.25, -0.2) is 0 Å². The summed E-state index contributed by atoms with van der Waals surface area (Å²) in [5, 5.41) is 18.8. The van der Waals surface area contributed by atoms with E-state index in [2.05, 4.69) is 4.90 Å². The van der Waals surface area contributed by atoms with Crippen LogP contribution >= 0.6 is 21.6 Å². The summed E-state index contributed by atoms with van der Waals surface area (Å²) < 4.78 is 6.00. The van der Waals surface area contributed by atoms with Gasteiger partial charge in [-0.3, -0.25) is 14.5 Å². The van der Waals surface area contributed by atoms with Crippen LogP contribution in [0.1, 0.15) is 125 Å². The molecule has 2 fully saturated rings. The van der Waals surface area contributed by atoms with Crippen LogP contribution in [0.25, 0.3) is 0 Å². The van der Waals surface area contributed by atoms with Crippen LogP contribution < -0.4 is 0 Å².